The molecule has 1 aromatic heterocycles. The SMILES string of the molecule is O=C(CN1CC(O)(C2CC2)C1)NCCc1cccs1. The van der Waals surface area contributed by atoms with E-state index in [-0.39, 0.29) is 5.91 Å². The van der Waals surface area contributed by atoms with Crippen molar-refractivity contribution in [2.75, 3.05) is 26.2 Å². The van der Waals surface area contributed by atoms with Gasteiger partial charge in [-0.25, -0.2) is 0 Å². The van der Waals surface area contributed by atoms with Crippen LogP contribution in [0.2, 0.25) is 0 Å². The quantitative estimate of drug-likeness (QED) is 0.813. The van der Waals surface area contributed by atoms with Gasteiger partial charge in [0, 0.05) is 24.5 Å². The van der Waals surface area contributed by atoms with Crippen LogP contribution in [0, 0.1) is 5.92 Å². The fourth-order valence-corrected chi connectivity index (χ4v) is 3.47. The van der Waals surface area contributed by atoms with Crippen molar-refractivity contribution in [2.24, 2.45) is 5.92 Å². The highest BCUT2D eigenvalue weighted by atomic mass is 32.1. The molecule has 1 amide bonds. The number of thiophene rings is 1. The molecule has 0 spiro atoms. The van der Waals surface area contributed by atoms with Crippen molar-refractivity contribution in [1.29, 1.82) is 0 Å². The van der Waals surface area contributed by atoms with E-state index in [0.29, 0.717) is 32.1 Å². The molecule has 1 aliphatic heterocycles. The van der Waals surface area contributed by atoms with Gasteiger partial charge in [0.15, 0.2) is 0 Å². The highest BCUT2D eigenvalue weighted by Crippen LogP contribution is 2.44. The second kappa shape index (κ2) is 5.23. The molecule has 1 saturated heterocycles. The summed E-state index contributed by atoms with van der Waals surface area (Å²) < 4.78 is 0. The van der Waals surface area contributed by atoms with Gasteiger partial charge in [0.1, 0.15) is 0 Å². The van der Waals surface area contributed by atoms with Gasteiger partial charge in [0.05, 0.1) is 12.1 Å². The third-order valence-corrected chi connectivity index (χ3v) is 4.91. The molecule has 0 aromatic carbocycles. The third-order valence-electron chi connectivity index (χ3n) is 3.97. The molecular formula is C14H20N2O2S. The largest absolute Gasteiger partial charge is 0.387 e. The van der Waals surface area contributed by atoms with E-state index >= 15 is 0 Å². The van der Waals surface area contributed by atoms with Crippen LogP contribution in [0.1, 0.15) is 17.7 Å². The molecule has 2 aliphatic rings. The third kappa shape index (κ3) is 3.16. The Hall–Kier alpha value is -0.910. The average molecular weight is 280 g/mol. The topological polar surface area (TPSA) is 52.6 Å². The van der Waals surface area contributed by atoms with Crippen LogP contribution in [0.25, 0.3) is 0 Å². The highest BCUT2D eigenvalue weighted by Gasteiger charge is 2.51. The zero-order chi connectivity index (χ0) is 13.3. The minimum atomic E-state index is -0.489. The lowest BCUT2D eigenvalue weighted by molar-refractivity contribution is -0.136. The van der Waals surface area contributed by atoms with Crippen LogP contribution in [-0.2, 0) is 11.2 Å². The van der Waals surface area contributed by atoms with Crippen LogP contribution in [0.3, 0.4) is 0 Å². The van der Waals surface area contributed by atoms with Gasteiger partial charge in [-0.2, -0.15) is 0 Å². The predicted octanol–water partition coefficient (Wildman–Crippen LogP) is 0.864. The number of likely N-dealkylation sites (tertiary alicyclic amines) is 1. The lowest BCUT2D eigenvalue weighted by Crippen LogP contribution is -2.64. The van der Waals surface area contributed by atoms with E-state index in [9.17, 15) is 9.90 Å². The molecule has 3 rings (SSSR count). The molecule has 0 bridgehead atoms. The first-order chi connectivity index (χ1) is 9.16. The summed E-state index contributed by atoms with van der Waals surface area (Å²) in [5.41, 5.74) is -0.489. The Kier molecular flexibility index (Phi) is 3.60. The molecule has 4 nitrogen and oxygen atoms in total. The smallest absolute Gasteiger partial charge is 0.234 e. The summed E-state index contributed by atoms with van der Waals surface area (Å²) in [5, 5.41) is 15.2. The fourth-order valence-electron chi connectivity index (χ4n) is 2.76. The first-order valence-corrected chi connectivity index (χ1v) is 7.77. The molecule has 0 atom stereocenters. The summed E-state index contributed by atoms with van der Waals surface area (Å²) in [6.07, 6.45) is 3.20. The number of nitrogens with one attached hydrogen (secondary N) is 1. The maximum Gasteiger partial charge on any atom is 0.234 e. The Balaban J connectivity index is 1.31. The van der Waals surface area contributed by atoms with Gasteiger partial charge < -0.3 is 10.4 Å². The summed E-state index contributed by atoms with van der Waals surface area (Å²) in [6.45, 7) is 2.44. The van der Waals surface area contributed by atoms with Gasteiger partial charge in [0.2, 0.25) is 5.91 Å². The number of amides is 1. The van der Waals surface area contributed by atoms with E-state index in [1.54, 1.807) is 11.3 Å². The number of carbonyl (C=O) groups excluding carboxylic acids is 1. The minimum Gasteiger partial charge on any atom is -0.387 e. The van der Waals surface area contributed by atoms with Crippen molar-refractivity contribution in [3.63, 3.8) is 0 Å². The molecule has 0 unspecified atom stereocenters. The Morgan fingerprint density at radius 1 is 1.53 bits per heavy atom. The molecule has 1 aromatic rings. The van der Waals surface area contributed by atoms with Crippen LogP contribution in [0.5, 0.6) is 0 Å². The number of aliphatic hydroxyl groups is 1. The molecule has 19 heavy (non-hydrogen) atoms. The van der Waals surface area contributed by atoms with Gasteiger partial charge in [-0.3, -0.25) is 9.69 Å². The monoisotopic (exact) mass is 280 g/mol. The van der Waals surface area contributed by atoms with Gasteiger partial charge >= 0.3 is 0 Å². The molecule has 0 radical (unpaired) electrons. The van der Waals surface area contributed by atoms with Gasteiger partial charge in [-0.15, -0.1) is 11.3 Å². The average Bonchev–Trinajstić information content (AvgIpc) is 3.07. The molecule has 1 saturated carbocycles. The Morgan fingerprint density at radius 3 is 2.95 bits per heavy atom. The van der Waals surface area contributed by atoms with Crippen LogP contribution in [-0.4, -0.2) is 47.7 Å². The maximum absolute atomic E-state index is 11.7. The van der Waals surface area contributed by atoms with E-state index in [2.05, 4.69) is 16.8 Å². The number of hydrogen-bond acceptors (Lipinski definition) is 4. The molecule has 1 aliphatic carbocycles. The van der Waals surface area contributed by atoms with Gasteiger partial charge in [0.25, 0.3) is 0 Å². The number of β-amino-alcohol motifs (C(OH)–C–C–N with tert-alkyl or cyclic N) is 1. The standard InChI is InChI=1S/C14H20N2O2S/c17-13(15-6-5-12-2-1-7-19-12)8-16-9-14(18,10-16)11-3-4-11/h1-2,7,11,18H,3-6,8-10H2,(H,15,17). The summed E-state index contributed by atoms with van der Waals surface area (Å²) in [5.74, 6) is 0.556. The summed E-state index contributed by atoms with van der Waals surface area (Å²) in [7, 11) is 0. The van der Waals surface area contributed by atoms with Crippen molar-refractivity contribution in [3.05, 3.63) is 22.4 Å². The second-order valence-electron chi connectivity index (χ2n) is 5.70. The van der Waals surface area contributed by atoms with Crippen molar-refractivity contribution in [1.82, 2.24) is 10.2 Å². The van der Waals surface area contributed by atoms with E-state index < -0.39 is 5.60 Å². The zero-order valence-corrected chi connectivity index (χ0v) is 11.8. The normalized spacial score (nSPS) is 21.9. The van der Waals surface area contributed by atoms with Crippen molar-refractivity contribution >= 4 is 17.2 Å². The lowest BCUT2D eigenvalue weighted by Gasteiger charge is -2.46. The Bertz CT molecular complexity index is 436. The fraction of sp³-hybridized carbons (Fsp3) is 0.643. The second-order valence-corrected chi connectivity index (χ2v) is 6.73. The van der Waals surface area contributed by atoms with E-state index in [0.717, 1.165) is 19.3 Å². The Morgan fingerprint density at radius 2 is 2.32 bits per heavy atom. The highest BCUT2D eigenvalue weighted by molar-refractivity contribution is 7.09. The number of hydrogen-bond donors (Lipinski definition) is 2. The summed E-state index contributed by atoms with van der Waals surface area (Å²) in [4.78, 5) is 15.1. The Labute approximate surface area is 117 Å². The first-order valence-electron chi connectivity index (χ1n) is 6.89. The maximum atomic E-state index is 11.7. The summed E-state index contributed by atoms with van der Waals surface area (Å²) in [6, 6.07) is 4.11. The van der Waals surface area contributed by atoms with Crippen LogP contribution in [0.4, 0.5) is 0 Å². The molecule has 2 N–H and O–H groups in total. The molecule has 104 valence electrons. The van der Waals surface area contributed by atoms with Crippen molar-refractivity contribution in [2.45, 2.75) is 24.9 Å². The number of rotatable bonds is 6. The van der Waals surface area contributed by atoms with Gasteiger partial charge in [-0.1, -0.05) is 6.07 Å². The van der Waals surface area contributed by atoms with Crippen molar-refractivity contribution in [3.8, 4) is 0 Å². The van der Waals surface area contributed by atoms with E-state index in [1.165, 1.54) is 4.88 Å². The van der Waals surface area contributed by atoms with Crippen molar-refractivity contribution < 1.29 is 9.90 Å². The number of nitrogens with zero attached hydrogens (tertiary/aromatic N) is 1. The summed E-state index contributed by atoms with van der Waals surface area (Å²) >= 11 is 1.72. The number of carbonyl (C=O) groups is 1. The van der Waals surface area contributed by atoms with Crippen LogP contribution < -0.4 is 5.32 Å². The van der Waals surface area contributed by atoms with E-state index in [4.69, 9.17) is 0 Å². The first kappa shape index (κ1) is 13.1. The molecular weight excluding hydrogens is 260 g/mol. The van der Waals surface area contributed by atoms with Gasteiger partial charge in [-0.05, 0) is 36.6 Å². The zero-order valence-electron chi connectivity index (χ0n) is 11.0. The predicted molar refractivity (Wildman–Crippen MR) is 75.1 cm³/mol. The van der Waals surface area contributed by atoms with Crippen LogP contribution >= 0.6 is 11.3 Å². The van der Waals surface area contributed by atoms with Crippen LogP contribution in [0.15, 0.2) is 17.5 Å². The molecule has 5 heteroatoms. The molecule has 2 fully saturated rings. The van der Waals surface area contributed by atoms with E-state index in [1.807, 2.05) is 11.0 Å². The lowest BCUT2D eigenvalue weighted by atomic mass is 9.89. The minimum absolute atomic E-state index is 0.0643. The molecule has 2 heterocycles.